The van der Waals surface area contributed by atoms with Gasteiger partial charge in [-0.1, -0.05) is 6.08 Å². The number of hydrogen-bond acceptors (Lipinski definition) is 6. The fourth-order valence-corrected chi connectivity index (χ4v) is 5.73. The Hall–Kier alpha value is -3.94. The molecule has 3 aliphatic rings. The molecular weight excluding hydrogens is 589 g/mol. The Kier molecular flexibility index (Phi) is 8.49. The highest BCUT2D eigenvalue weighted by molar-refractivity contribution is 6.07. The standard InChI is InChI=1S/C30H34F5N5O4/c1-17-16-40(12-11-38(17)3)22-14-21(31)24(18-5-9-39(10-6-18)28(43)44-29(2)7-4-8-29)25(32)26(22)37-27(42)19-15-36-23(41)13-20(19)30(33,34)35/h5,13-15,17H,4,6-12,16H2,1-3H3,(H,36,41)(H,37,42). The number of halogens is 5. The van der Waals surface area contributed by atoms with Crippen LogP contribution in [0.3, 0.4) is 0 Å². The van der Waals surface area contributed by atoms with Crippen molar-refractivity contribution in [3.05, 3.63) is 63.1 Å². The maximum Gasteiger partial charge on any atom is 0.417 e. The third kappa shape index (κ3) is 6.30. The van der Waals surface area contributed by atoms with Gasteiger partial charge in [-0.3, -0.25) is 9.59 Å². The summed E-state index contributed by atoms with van der Waals surface area (Å²) in [5, 5.41) is 2.25. The number of aromatic nitrogens is 1. The molecule has 0 spiro atoms. The highest BCUT2D eigenvalue weighted by atomic mass is 19.4. The lowest BCUT2D eigenvalue weighted by atomic mass is 9.82. The molecule has 14 heteroatoms. The number of likely N-dealkylation sites (N-methyl/N-ethyl adjacent to an activating group) is 1. The van der Waals surface area contributed by atoms with Crippen LogP contribution in [0.1, 0.15) is 61.0 Å². The first kappa shape index (κ1) is 31.5. The number of ether oxygens (including phenoxy) is 1. The minimum atomic E-state index is -5.04. The van der Waals surface area contributed by atoms with Crippen molar-refractivity contribution in [2.45, 2.75) is 57.3 Å². The van der Waals surface area contributed by atoms with Crippen LogP contribution in [0.15, 0.2) is 29.2 Å². The Morgan fingerprint density at radius 3 is 2.45 bits per heavy atom. The molecule has 44 heavy (non-hydrogen) atoms. The minimum Gasteiger partial charge on any atom is -0.443 e. The molecule has 1 unspecified atom stereocenters. The number of nitrogens with zero attached hydrogens (tertiary/aromatic N) is 3. The van der Waals surface area contributed by atoms with Crippen molar-refractivity contribution < 1.29 is 36.3 Å². The summed E-state index contributed by atoms with van der Waals surface area (Å²) < 4.78 is 78.8. The van der Waals surface area contributed by atoms with Gasteiger partial charge in [-0.15, -0.1) is 0 Å². The lowest BCUT2D eigenvalue weighted by Crippen LogP contribution is -2.50. The number of H-pyrrole nitrogens is 1. The number of anilines is 2. The lowest BCUT2D eigenvalue weighted by molar-refractivity contribution is -0.138. The van der Waals surface area contributed by atoms with E-state index in [9.17, 15) is 27.6 Å². The summed E-state index contributed by atoms with van der Waals surface area (Å²) >= 11 is 0. The number of alkyl halides is 3. The number of benzene rings is 1. The van der Waals surface area contributed by atoms with E-state index in [-0.39, 0.29) is 42.9 Å². The van der Waals surface area contributed by atoms with E-state index in [1.54, 1.807) is 4.90 Å². The molecular formula is C30H34F5N5O4. The van der Waals surface area contributed by atoms with Crippen LogP contribution in [-0.4, -0.2) is 78.2 Å². The van der Waals surface area contributed by atoms with Gasteiger partial charge in [0.2, 0.25) is 5.56 Å². The van der Waals surface area contributed by atoms with E-state index >= 15 is 8.78 Å². The van der Waals surface area contributed by atoms with E-state index < -0.39 is 63.3 Å². The Morgan fingerprint density at radius 2 is 1.86 bits per heavy atom. The lowest BCUT2D eigenvalue weighted by Gasteiger charge is -2.40. The summed E-state index contributed by atoms with van der Waals surface area (Å²) in [7, 11) is 1.89. The summed E-state index contributed by atoms with van der Waals surface area (Å²) in [6.45, 7) is 5.15. The summed E-state index contributed by atoms with van der Waals surface area (Å²) in [5.41, 5.74) is -4.70. The van der Waals surface area contributed by atoms with Gasteiger partial charge >= 0.3 is 12.3 Å². The number of rotatable bonds is 5. The van der Waals surface area contributed by atoms with Crippen molar-refractivity contribution in [2.24, 2.45) is 0 Å². The molecule has 1 aliphatic carbocycles. The van der Waals surface area contributed by atoms with Crippen LogP contribution >= 0.6 is 0 Å². The number of amides is 2. The van der Waals surface area contributed by atoms with E-state index in [2.05, 4.69) is 10.3 Å². The van der Waals surface area contributed by atoms with Crippen LogP contribution < -0.4 is 15.8 Å². The topological polar surface area (TPSA) is 98.0 Å². The number of nitrogens with one attached hydrogen (secondary N) is 2. The summed E-state index contributed by atoms with van der Waals surface area (Å²) in [5.74, 6) is -3.39. The van der Waals surface area contributed by atoms with Gasteiger partial charge in [0.05, 0.1) is 22.4 Å². The van der Waals surface area contributed by atoms with Crippen LogP contribution in [0.25, 0.3) is 5.57 Å². The van der Waals surface area contributed by atoms with Crippen LogP contribution in [-0.2, 0) is 10.9 Å². The van der Waals surface area contributed by atoms with Crippen molar-refractivity contribution in [1.82, 2.24) is 14.8 Å². The number of carbonyl (C=O) groups is 2. The molecule has 2 N–H and O–H groups in total. The van der Waals surface area contributed by atoms with Gasteiger partial charge in [-0.25, -0.2) is 13.6 Å². The van der Waals surface area contributed by atoms with Crippen molar-refractivity contribution in [3.8, 4) is 0 Å². The second-order valence-corrected chi connectivity index (χ2v) is 11.9. The predicted molar refractivity (Wildman–Crippen MR) is 154 cm³/mol. The fraction of sp³-hybridized carbons (Fsp3) is 0.500. The zero-order chi connectivity index (χ0) is 32.0. The summed E-state index contributed by atoms with van der Waals surface area (Å²) in [6, 6.07) is 1.30. The smallest absolute Gasteiger partial charge is 0.417 e. The number of piperazine rings is 1. The predicted octanol–water partition coefficient (Wildman–Crippen LogP) is 5.23. The van der Waals surface area contributed by atoms with E-state index in [0.29, 0.717) is 25.8 Å². The maximum atomic E-state index is 16.4. The van der Waals surface area contributed by atoms with Crippen LogP contribution in [0.2, 0.25) is 0 Å². The van der Waals surface area contributed by atoms with Crippen molar-refractivity contribution in [1.29, 1.82) is 0 Å². The Bertz CT molecular complexity index is 1550. The third-order valence-electron chi connectivity index (χ3n) is 8.74. The van der Waals surface area contributed by atoms with E-state index in [1.807, 2.05) is 25.8 Å². The average Bonchev–Trinajstić information content (AvgIpc) is 2.94. The first-order valence-electron chi connectivity index (χ1n) is 14.4. The number of carbonyl (C=O) groups excluding carboxylic acids is 2. The molecule has 0 radical (unpaired) electrons. The molecule has 5 rings (SSSR count). The molecule has 2 amide bonds. The SMILES string of the molecule is CC1CN(c2cc(F)c(C3=CCN(C(=O)OC4(C)CCC4)CC3)c(F)c2NC(=O)c2c[nH]c(=O)cc2C(F)(F)F)CCN1C. The second-order valence-electron chi connectivity index (χ2n) is 11.9. The van der Waals surface area contributed by atoms with Gasteiger partial charge in [0.25, 0.3) is 5.91 Å². The van der Waals surface area contributed by atoms with Crippen LogP contribution in [0.5, 0.6) is 0 Å². The number of pyridine rings is 1. The molecule has 238 valence electrons. The number of hydrogen-bond donors (Lipinski definition) is 2. The Balaban J connectivity index is 1.50. The summed E-state index contributed by atoms with van der Waals surface area (Å²) in [6.07, 6.45) is -0.869. The zero-order valence-electron chi connectivity index (χ0n) is 24.6. The molecule has 0 bridgehead atoms. The Labute approximate surface area is 250 Å². The van der Waals surface area contributed by atoms with Gasteiger partial charge in [0.15, 0.2) is 5.82 Å². The molecule has 9 nitrogen and oxygen atoms in total. The molecule has 2 aliphatic heterocycles. The van der Waals surface area contributed by atoms with Gasteiger partial charge in [0.1, 0.15) is 17.1 Å². The van der Waals surface area contributed by atoms with Crippen molar-refractivity contribution in [3.63, 3.8) is 0 Å². The second kappa shape index (κ2) is 11.9. The van der Waals surface area contributed by atoms with Gasteiger partial charge in [-0.2, -0.15) is 13.2 Å². The highest BCUT2D eigenvalue weighted by Gasteiger charge is 2.39. The average molecular weight is 624 g/mol. The van der Waals surface area contributed by atoms with Crippen LogP contribution in [0.4, 0.5) is 38.1 Å². The van der Waals surface area contributed by atoms with Crippen molar-refractivity contribution in [2.75, 3.05) is 50.0 Å². The summed E-state index contributed by atoms with van der Waals surface area (Å²) in [4.78, 5) is 44.7. The number of aromatic amines is 1. The fourth-order valence-electron chi connectivity index (χ4n) is 5.73. The molecule has 2 aromatic rings. The molecule has 2 fully saturated rings. The zero-order valence-corrected chi connectivity index (χ0v) is 24.6. The monoisotopic (exact) mass is 623 g/mol. The molecule has 3 heterocycles. The Morgan fingerprint density at radius 1 is 1.14 bits per heavy atom. The van der Waals surface area contributed by atoms with Crippen molar-refractivity contribution >= 4 is 28.9 Å². The minimum absolute atomic E-state index is 0.0228. The molecule has 1 atom stereocenters. The van der Waals surface area contributed by atoms with E-state index in [4.69, 9.17) is 4.74 Å². The van der Waals surface area contributed by atoms with E-state index in [1.165, 1.54) is 11.0 Å². The van der Waals surface area contributed by atoms with Gasteiger partial charge in [-0.05, 0) is 52.2 Å². The largest absolute Gasteiger partial charge is 0.443 e. The molecule has 1 saturated carbocycles. The molecule has 1 aromatic carbocycles. The van der Waals surface area contributed by atoms with Gasteiger partial charge in [0, 0.05) is 57.1 Å². The first-order valence-corrected chi connectivity index (χ1v) is 14.4. The normalized spacial score (nSPS) is 20.5. The third-order valence-corrected chi connectivity index (χ3v) is 8.74. The molecule has 1 aromatic heterocycles. The van der Waals surface area contributed by atoms with E-state index in [0.717, 1.165) is 25.3 Å². The van der Waals surface area contributed by atoms with Gasteiger partial charge < -0.3 is 29.7 Å². The maximum absolute atomic E-state index is 16.4. The quantitative estimate of drug-likeness (QED) is 0.443. The highest BCUT2D eigenvalue weighted by Crippen LogP contribution is 2.40. The first-order chi connectivity index (χ1) is 20.7. The molecule has 1 saturated heterocycles. The van der Waals surface area contributed by atoms with Crippen LogP contribution in [0, 0.1) is 11.6 Å².